The number of hydrogen-bond donors (Lipinski definition) is 1. The van der Waals surface area contributed by atoms with Gasteiger partial charge in [-0.3, -0.25) is 9.59 Å². The standard InChI is InChI=1S/C24H31ClN2O4/c1-5-6-12-26-24(29)18(3)27(15-19-8-7-9-20(14-19)30-4)23(28)16-31-21-10-11-22(25)17(2)13-21/h7-11,13-14,18H,5-6,12,15-16H2,1-4H3,(H,26,29)/t18-/m1/s1. The van der Waals surface area contributed by atoms with Crippen molar-refractivity contribution in [1.82, 2.24) is 10.2 Å². The van der Waals surface area contributed by atoms with E-state index in [9.17, 15) is 9.59 Å². The van der Waals surface area contributed by atoms with E-state index >= 15 is 0 Å². The lowest BCUT2D eigenvalue weighted by atomic mass is 10.1. The summed E-state index contributed by atoms with van der Waals surface area (Å²) in [7, 11) is 1.59. The molecule has 168 valence electrons. The second-order valence-corrected chi connectivity index (χ2v) is 7.80. The summed E-state index contributed by atoms with van der Waals surface area (Å²) in [4.78, 5) is 27.2. The lowest BCUT2D eigenvalue weighted by molar-refractivity contribution is -0.142. The normalized spacial score (nSPS) is 11.5. The Bertz CT molecular complexity index is 888. The van der Waals surface area contributed by atoms with Gasteiger partial charge in [-0.15, -0.1) is 0 Å². The van der Waals surface area contributed by atoms with Crippen LogP contribution in [0.5, 0.6) is 11.5 Å². The molecule has 2 rings (SSSR count). The van der Waals surface area contributed by atoms with Crippen molar-refractivity contribution in [1.29, 1.82) is 0 Å². The predicted octanol–water partition coefficient (Wildman–Crippen LogP) is 4.37. The average Bonchev–Trinajstić information content (AvgIpc) is 2.77. The highest BCUT2D eigenvalue weighted by atomic mass is 35.5. The van der Waals surface area contributed by atoms with Gasteiger partial charge in [0.1, 0.15) is 17.5 Å². The maximum absolute atomic E-state index is 13.1. The van der Waals surface area contributed by atoms with E-state index in [0.717, 1.165) is 24.0 Å². The zero-order valence-electron chi connectivity index (χ0n) is 18.6. The number of carbonyl (C=O) groups is 2. The topological polar surface area (TPSA) is 67.9 Å². The molecule has 2 amide bonds. The molecule has 0 aliphatic carbocycles. The molecule has 0 aliphatic heterocycles. The third kappa shape index (κ3) is 7.47. The van der Waals surface area contributed by atoms with Crippen molar-refractivity contribution in [3.8, 4) is 11.5 Å². The van der Waals surface area contributed by atoms with Crippen LogP contribution >= 0.6 is 11.6 Å². The summed E-state index contributed by atoms with van der Waals surface area (Å²) >= 11 is 6.05. The summed E-state index contributed by atoms with van der Waals surface area (Å²) in [5.74, 6) is 0.773. The largest absolute Gasteiger partial charge is 0.497 e. The molecule has 2 aromatic rings. The maximum Gasteiger partial charge on any atom is 0.261 e. The molecular weight excluding hydrogens is 416 g/mol. The molecule has 0 bridgehead atoms. The second kappa shape index (κ2) is 12.2. The van der Waals surface area contributed by atoms with Gasteiger partial charge in [0.25, 0.3) is 5.91 Å². The minimum atomic E-state index is -0.647. The van der Waals surface area contributed by atoms with E-state index in [2.05, 4.69) is 12.2 Å². The highest BCUT2D eigenvalue weighted by Crippen LogP contribution is 2.21. The first-order valence-corrected chi connectivity index (χ1v) is 10.8. The summed E-state index contributed by atoms with van der Waals surface area (Å²) in [6.07, 6.45) is 1.87. The summed E-state index contributed by atoms with van der Waals surface area (Å²) in [5.41, 5.74) is 1.73. The molecule has 0 spiro atoms. The number of hydrogen-bond acceptors (Lipinski definition) is 4. The Hall–Kier alpha value is -2.73. The summed E-state index contributed by atoms with van der Waals surface area (Å²) in [6.45, 7) is 6.32. The summed E-state index contributed by atoms with van der Waals surface area (Å²) in [6, 6.07) is 12.0. The van der Waals surface area contributed by atoms with Crippen LogP contribution in [0.25, 0.3) is 0 Å². The van der Waals surface area contributed by atoms with Crippen molar-refractivity contribution in [2.24, 2.45) is 0 Å². The van der Waals surface area contributed by atoms with Gasteiger partial charge in [0.2, 0.25) is 5.91 Å². The van der Waals surface area contributed by atoms with E-state index in [1.165, 1.54) is 4.90 Å². The van der Waals surface area contributed by atoms with Crippen molar-refractivity contribution in [3.63, 3.8) is 0 Å². The molecule has 1 N–H and O–H groups in total. The fourth-order valence-electron chi connectivity index (χ4n) is 3.02. The van der Waals surface area contributed by atoms with E-state index in [1.807, 2.05) is 31.2 Å². The smallest absolute Gasteiger partial charge is 0.261 e. The molecule has 0 aromatic heterocycles. The Morgan fingerprint density at radius 3 is 2.61 bits per heavy atom. The van der Waals surface area contributed by atoms with E-state index in [4.69, 9.17) is 21.1 Å². The van der Waals surface area contributed by atoms with Crippen LogP contribution in [0, 0.1) is 6.92 Å². The number of carbonyl (C=O) groups excluding carboxylic acids is 2. The van der Waals surface area contributed by atoms with Gasteiger partial charge in [0.05, 0.1) is 7.11 Å². The third-order valence-corrected chi connectivity index (χ3v) is 5.40. The first-order valence-electron chi connectivity index (χ1n) is 10.4. The van der Waals surface area contributed by atoms with Crippen LogP contribution in [0.3, 0.4) is 0 Å². The number of methoxy groups -OCH3 is 1. The third-order valence-electron chi connectivity index (χ3n) is 4.98. The zero-order chi connectivity index (χ0) is 22.8. The van der Waals surface area contributed by atoms with E-state index in [-0.39, 0.29) is 25.0 Å². The molecule has 1 atom stereocenters. The molecule has 0 saturated heterocycles. The number of nitrogens with zero attached hydrogens (tertiary/aromatic N) is 1. The van der Waals surface area contributed by atoms with Crippen molar-refractivity contribution >= 4 is 23.4 Å². The van der Waals surface area contributed by atoms with Gasteiger partial charge in [-0.25, -0.2) is 0 Å². The SMILES string of the molecule is CCCCNC(=O)[C@@H](C)N(Cc1cccc(OC)c1)C(=O)COc1ccc(Cl)c(C)c1. The molecule has 0 unspecified atom stereocenters. The van der Waals surface area contributed by atoms with Crippen LogP contribution in [0.15, 0.2) is 42.5 Å². The van der Waals surface area contributed by atoms with Crippen molar-refractivity contribution < 1.29 is 19.1 Å². The van der Waals surface area contributed by atoms with Gasteiger partial charge >= 0.3 is 0 Å². The highest BCUT2D eigenvalue weighted by molar-refractivity contribution is 6.31. The number of amides is 2. The Labute approximate surface area is 189 Å². The predicted molar refractivity (Wildman–Crippen MR) is 123 cm³/mol. The number of unbranched alkanes of at least 4 members (excludes halogenated alkanes) is 1. The number of benzene rings is 2. The number of ether oxygens (including phenoxy) is 2. The Balaban J connectivity index is 2.14. The minimum absolute atomic E-state index is 0.183. The summed E-state index contributed by atoms with van der Waals surface area (Å²) in [5, 5.41) is 3.54. The van der Waals surface area contributed by atoms with E-state index in [1.54, 1.807) is 32.2 Å². The van der Waals surface area contributed by atoms with Gasteiger partial charge in [-0.1, -0.05) is 37.1 Å². The minimum Gasteiger partial charge on any atom is -0.497 e. The lowest BCUT2D eigenvalue weighted by Gasteiger charge is -2.29. The molecule has 31 heavy (non-hydrogen) atoms. The van der Waals surface area contributed by atoms with Crippen LogP contribution < -0.4 is 14.8 Å². The zero-order valence-corrected chi connectivity index (χ0v) is 19.4. The fourth-order valence-corrected chi connectivity index (χ4v) is 3.14. The van der Waals surface area contributed by atoms with Crippen LogP contribution in [0.2, 0.25) is 5.02 Å². The van der Waals surface area contributed by atoms with E-state index < -0.39 is 6.04 Å². The van der Waals surface area contributed by atoms with Gasteiger partial charge in [0.15, 0.2) is 6.61 Å². The second-order valence-electron chi connectivity index (χ2n) is 7.39. The van der Waals surface area contributed by atoms with Gasteiger partial charge in [0, 0.05) is 18.1 Å². The molecule has 0 heterocycles. The number of nitrogens with one attached hydrogen (secondary N) is 1. The maximum atomic E-state index is 13.1. The van der Waals surface area contributed by atoms with Crippen molar-refractivity contribution in [3.05, 3.63) is 58.6 Å². The molecule has 0 saturated carbocycles. The first-order chi connectivity index (χ1) is 14.8. The molecule has 7 heteroatoms. The van der Waals surface area contributed by atoms with E-state index in [0.29, 0.717) is 23.1 Å². The molecule has 6 nitrogen and oxygen atoms in total. The summed E-state index contributed by atoms with van der Waals surface area (Å²) < 4.78 is 11.0. The van der Waals surface area contributed by atoms with Gasteiger partial charge in [-0.05, 0) is 61.7 Å². The lowest BCUT2D eigenvalue weighted by Crippen LogP contribution is -2.49. The molecule has 0 fully saturated rings. The quantitative estimate of drug-likeness (QED) is 0.520. The molecule has 0 radical (unpaired) electrons. The molecular formula is C24H31ClN2O4. The molecule has 2 aromatic carbocycles. The number of halogens is 1. The van der Waals surface area contributed by atoms with Crippen molar-refractivity contribution in [2.75, 3.05) is 20.3 Å². The highest BCUT2D eigenvalue weighted by Gasteiger charge is 2.26. The first kappa shape index (κ1) is 24.5. The molecule has 0 aliphatic rings. The van der Waals surface area contributed by atoms with Crippen LogP contribution in [0.4, 0.5) is 0 Å². The Morgan fingerprint density at radius 1 is 1.16 bits per heavy atom. The van der Waals surface area contributed by atoms with Crippen LogP contribution in [-0.4, -0.2) is 43.0 Å². The van der Waals surface area contributed by atoms with Crippen LogP contribution in [-0.2, 0) is 16.1 Å². The number of rotatable bonds is 11. The van der Waals surface area contributed by atoms with Gasteiger partial charge in [-0.2, -0.15) is 0 Å². The average molecular weight is 447 g/mol. The Kier molecular flexibility index (Phi) is 9.66. The van der Waals surface area contributed by atoms with Crippen molar-refractivity contribution in [2.45, 2.75) is 46.2 Å². The van der Waals surface area contributed by atoms with Crippen LogP contribution in [0.1, 0.15) is 37.8 Å². The van der Waals surface area contributed by atoms with Gasteiger partial charge < -0.3 is 19.7 Å². The monoisotopic (exact) mass is 446 g/mol. The Morgan fingerprint density at radius 2 is 1.94 bits per heavy atom. The number of aryl methyl sites for hydroxylation is 1. The fraction of sp³-hybridized carbons (Fsp3) is 0.417.